The number of rotatable bonds is 9. The summed E-state index contributed by atoms with van der Waals surface area (Å²) in [4.78, 5) is 2.18. The van der Waals surface area contributed by atoms with Crippen LogP contribution in [0.3, 0.4) is 0 Å². The van der Waals surface area contributed by atoms with Crippen molar-refractivity contribution < 1.29 is 10.2 Å². The lowest BCUT2D eigenvalue weighted by Gasteiger charge is -2.33. The van der Waals surface area contributed by atoms with Crippen LogP contribution in [0.2, 0.25) is 0 Å². The Kier molecular flexibility index (Phi) is 8.31. The summed E-state index contributed by atoms with van der Waals surface area (Å²) < 4.78 is 0. The molecular formula is C26H33NO2. The molecule has 1 aliphatic carbocycles. The van der Waals surface area contributed by atoms with Gasteiger partial charge >= 0.3 is 0 Å². The Morgan fingerprint density at radius 1 is 0.897 bits per heavy atom. The van der Waals surface area contributed by atoms with E-state index in [0.717, 1.165) is 31.4 Å². The van der Waals surface area contributed by atoms with E-state index in [-0.39, 0.29) is 12.5 Å². The fraction of sp³-hybridized carbons (Fsp3) is 0.462. The lowest BCUT2D eigenvalue weighted by atomic mass is 9.78. The van der Waals surface area contributed by atoms with Gasteiger partial charge in [-0.1, -0.05) is 85.3 Å². The molecule has 3 rings (SSSR count). The number of nitrogens with zero attached hydrogens (tertiary/aromatic N) is 1. The molecule has 3 heteroatoms. The van der Waals surface area contributed by atoms with Gasteiger partial charge in [0.25, 0.3) is 0 Å². The van der Waals surface area contributed by atoms with Gasteiger partial charge in [0.05, 0.1) is 13.2 Å². The van der Waals surface area contributed by atoms with Crippen LogP contribution in [-0.4, -0.2) is 41.4 Å². The molecule has 0 aliphatic heterocycles. The molecule has 0 spiro atoms. The smallest absolute Gasteiger partial charge is 0.103 e. The molecule has 0 amide bonds. The van der Waals surface area contributed by atoms with Crippen molar-refractivity contribution in [1.82, 2.24) is 4.90 Å². The number of hydrogen-bond acceptors (Lipinski definition) is 3. The third kappa shape index (κ3) is 6.18. The molecule has 3 nitrogen and oxygen atoms in total. The van der Waals surface area contributed by atoms with E-state index in [0.29, 0.717) is 19.5 Å². The van der Waals surface area contributed by atoms with E-state index in [1.807, 2.05) is 36.4 Å². The van der Waals surface area contributed by atoms with E-state index < -0.39 is 5.60 Å². The molecule has 0 heterocycles. The standard InChI is InChI=1S/C26H33NO2/c28-22-21-27(20-17-23-11-3-1-4-12-23)19-10-9-18-26(29,25-15-7-8-16-25)24-13-5-2-6-14-24/h1-6,11-14,25,28-29H,7-8,15-22H2. The fourth-order valence-corrected chi connectivity index (χ4v) is 4.32. The molecule has 1 unspecified atom stereocenters. The molecule has 29 heavy (non-hydrogen) atoms. The Bertz CT molecular complexity index is 775. The Morgan fingerprint density at radius 3 is 2.21 bits per heavy atom. The van der Waals surface area contributed by atoms with Crippen LogP contribution in [0.4, 0.5) is 0 Å². The second kappa shape index (κ2) is 11.2. The topological polar surface area (TPSA) is 43.7 Å². The van der Waals surface area contributed by atoms with Crippen LogP contribution in [-0.2, 0) is 12.0 Å². The first kappa shape index (κ1) is 21.6. The predicted molar refractivity (Wildman–Crippen MR) is 118 cm³/mol. The van der Waals surface area contributed by atoms with E-state index in [4.69, 9.17) is 0 Å². The SMILES string of the molecule is OCCN(CC#CCC(O)(c1ccccc1)C1CCCC1)CCc1ccccc1. The van der Waals surface area contributed by atoms with Gasteiger partial charge in [-0.3, -0.25) is 4.90 Å². The molecule has 1 fully saturated rings. The van der Waals surface area contributed by atoms with Crippen molar-refractivity contribution in [2.45, 2.75) is 44.1 Å². The summed E-state index contributed by atoms with van der Waals surface area (Å²) in [7, 11) is 0. The van der Waals surface area contributed by atoms with Gasteiger partial charge in [-0.2, -0.15) is 0 Å². The highest BCUT2D eigenvalue weighted by atomic mass is 16.3. The average Bonchev–Trinajstić information content (AvgIpc) is 3.32. The van der Waals surface area contributed by atoms with E-state index in [2.05, 4.69) is 41.0 Å². The Hall–Kier alpha value is -2.12. The van der Waals surface area contributed by atoms with E-state index in [1.165, 1.54) is 18.4 Å². The first-order chi connectivity index (χ1) is 14.2. The molecule has 0 bridgehead atoms. The van der Waals surface area contributed by atoms with Crippen molar-refractivity contribution in [3.8, 4) is 11.8 Å². The van der Waals surface area contributed by atoms with Crippen LogP contribution in [0.15, 0.2) is 60.7 Å². The third-order valence-corrected chi connectivity index (χ3v) is 6.07. The first-order valence-electron chi connectivity index (χ1n) is 10.8. The van der Waals surface area contributed by atoms with Crippen molar-refractivity contribution in [3.63, 3.8) is 0 Å². The summed E-state index contributed by atoms with van der Waals surface area (Å²) >= 11 is 0. The van der Waals surface area contributed by atoms with Crippen LogP contribution in [0.1, 0.15) is 43.2 Å². The van der Waals surface area contributed by atoms with Crippen molar-refractivity contribution in [2.24, 2.45) is 5.92 Å². The normalized spacial score (nSPS) is 16.4. The first-order valence-corrected chi connectivity index (χ1v) is 10.8. The maximum absolute atomic E-state index is 11.5. The summed E-state index contributed by atoms with van der Waals surface area (Å²) in [5.41, 5.74) is 1.41. The number of aliphatic hydroxyl groups excluding tert-OH is 1. The second-order valence-electron chi connectivity index (χ2n) is 8.04. The lowest BCUT2D eigenvalue weighted by molar-refractivity contribution is -0.0173. The van der Waals surface area contributed by atoms with Gasteiger partial charge in [-0.05, 0) is 36.3 Å². The van der Waals surface area contributed by atoms with Gasteiger partial charge < -0.3 is 10.2 Å². The zero-order chi connectivity index (χ0) is 20.4. The summed E-state index contributed by atoms with van der Waals surface area (Å²) in [6.07, 6.45) is 5.93. The van der Waals surface area contributed by atoms with Gasteiger partial charge in [0.2, 0.25) is 0 Å². The zero-order valence-corrected chi connectivity index (χ0v) is 17.3. The minimum atomic E-state index is -0.864. The van der Waals surface area contributed by atoms with Crippen molar-refractivity contribution >= 4 is 0 Å². The molecule has 154 valence electrons. The minimum absolute atomic E-state index is 0.131. The molecule has 0 saturated heterocycles. The molecule has 1 atom stereocenters. The highest BCUT2D eigenvalue weighted by Crippen LogP contribution is 2.42. The third-order valence-electron chi connectivity index (χ3n) is 6.07. The van der Waals surface area contributed by atoms with E-state index in [1.54, 1.807) is 0 Å². The van der Waals surface area contributed by atoms with Gasteiger partial charge in [0.15, 0.2) is 0 Å². The Labute approximate surface area is 175 Å². The fourth-order valence-electron chi connectivity index (χ4n) is 4.32. The second-order valence-corrected chi connectivity index (χ2v) is 8.04. The number of hydrogen-bond donors (Lipinski definition) is 2. The summed E-state index contributed by atoms with van der Waals surface area (Å²) in [6.45, 7) is 2.23. The predicted octanol–water partition coefficient (Wildman–Crippen LogP) is 3.99. The average molecular weight is 392 g/mol. The molecule has 2 aromatic rings. The highest BCUT2D eigenvalue weighted by molar-refractivity contribution is 5.26. The van der Waals surface area contributed by atoms with Crippen molar-refractivity contribution in [1.29, 1.82) is 0 Å². The van der Waals surface area contributed by atoms with Crippen LogP contribution < -0.4 is 0 Å². The molecule has 1 aliphatic rings. The highest BCUT2D eigenvalue weighted by Gasteiger charge is 2.39. The van der Waals surface area contributed by atoms with Crippen LogP contribution in [0.25, 0.3) is 0 Å². The van der Waals surface area contributed by atoms with Gasteiger partial charge in [0, 0.05) is 19.5 Å². The number of benzene rings is 2. The Balaban J connectivity index is 1.61. The summed E-state index contributed by atoms with van der Waals surface area (Å²) in [5.74, 6) is 6.81. The molecule has 1 saturated carbocycles. The van der Waals surface area contributed by atoms with E-state index >= 15 is 0 Å². The maximum atomic E-state index is 11.5. The molecule has 0 aromatic heterocycles. The molecule has 2 aromatic carbocycles. The molecule has 0 radical (unpaired) electrons. The van der Waals surface area contributed by atoms with Gasteiger partial charge in [-0.25, -0.2) is 0 Å². The van der Waals surface area contributed by atoms with E-state index in [9.17, 15) is 10.2 Å². The van der Waals surface area contributed by atoms with Crippen molar-refractivity contribution in [3.05, 3.63) is 71.8 Å². The maximum Gasteiger partial charge on any atom is 0.103 e. The quantitative estimate of drug-likeness (QED) is 0.635. The van der Waals surface area contributed by atoms with Crippen molar-refractivity contribution in [2.75, 3.05) is 26.2 Å². The van der Waals surface area contributed by atoms with Gasteiger partial charge in [0.1, 0.15) is 5.60 Å². The zero-order valence-electron chi connectivity index (χ0n) is 17.3. The summed E-state index contributed by atoms with van der Waals surface area (Å²) in [5, 5.41) is 20.9. The molecule has 2 N–H and O–H groups in total. The minimum Gasteiger partial charge on any atom is -0.395 e. The monoisotopic (exact) mass is 391 g/mol. The summed E-state index contributed by atoms with van der Waals surface area (Å²) in [6, 6.07) is 20.4. The van der Waals surface area contributed by atoms with Gasteiger partial charge in [-0.15, -0.1) is 0 Å². The van der Waals surface area contributed by atoms with Crippen LogP contribution >= 0.6 is 0 Å². The largest absolute Gasteiger partial charge is 0.395 e. The Morgan fingerprint density at radius 2 is 1.55 bits per heavy atom. The van der Waals surface area contributed by atoms with Crippen LogP contribution in [0.5, 0.6) is 0 Å². The molecular weight excluding hydrogens is 358 g/mol. The van der Waals surface area contributed by atoms with Crippen LogP contribution in [0, 0.1) is 17.8 Å². The number of aliphatic hydroxyl groups is 2. The lowest BCUT2D eigenvalue weighted by Crippen LogP contribution is -2.33.